The molecule has 2 aromatic carbocycles. The summed E-state index contributed by atoms with van der Waals surface area (Å²) in [5.74, 6) is 1.83. The van der Waals surface area contributed by atoms with Gasteiger partial charge in [0.1, 0.15) is 11.6 Å². The number of nitrogens with zero attached hydrogens (tertiary/aromatic N) is 3. The van der Waals surface area contributed by atoms with E-state index in [2.05, 4.69) is 28.7 Å². The van der Waals surface area contributed by atoms with Gasteiger partial charge >= 0.3 is 0 Å². The van der Waals surface area contributed by atoms with Crippen LogP contribution >= 0.6 is 0 Å². The van der Waals surface area contributed by atoms with Crippen LogP contribution in [-0.4, -0.2) is 42.1 Å². The average Bonchev–Trinajstić information content (AvgIpc) is 3.23. The van der Waals surface area contributed by atoms with Gasteiger partial charge in [0.15, 0.2) is 0 Å². The molecular formula is C21H25N5O. The summed E-state index contributed by atoms with van der Waals surface area (Å²) in [4.78, 5) is 18.6. The van der Waals surface area contributed by atoms with Crippen LogP contribution in [0.4, 0.5) is 0 Å². The van der Waals surface area contributed by atoms with E-state index in [1.165, 1.54) is 0 Å². The molecule has 4 aromatic rings. The van der Waals surface area contributed by atoms with Crippen LogP contribution in [0.2, 0.25) is 0 Å². The highest BCUT2D eigenvalue weighted by atomic mass is 16.3. The molecule has 6 heteroatoms. The van der Waals surface area contributed by atoms with Crippen molar-refractivity contribution in [1.29, 1.82) is 0 Å². The lowest BCUT2D eigenvalue weighted by molar-refractivity contribution is 0.0700. The number of H-pyrrole nitrogens is 2. The van der Waals surface area contributed by atoms with E-state index in [0.717, 1.165) is 33.7 Å². The van der Waals surface area contributed by atoms with Gasteiger partial charge in [0, 0.05) is 12.1 Å². The Hall–Kier alpha value is -2.70. The molecule has 0 atom stereocenters. The van der Waals surface area contributed by atoms with Gasteiger partial charge in [-0.2, -0.15) is 0 Å². The van der Waals surface area contributed by atoms with Crippen LogP contribution in [0.5, 0.6) is 0 Å². The Morgan fingerprint density at radius 2 is 1.33 bits per heavy atom. The largest absolute Gasteiger partial charge is 0.396 e. The quantitative estimate of drug-likeness (QED) is 0.469. The first-order valence-electron chi connectivity index (χ1n) is 9.28. The SMILES string of the molecule is CC(C)(CCO)N(Cc1nc2ccccc2[nH]1)Cc1nc2ccccc2[nH]1. The number of benzene rings is 2. The van der Waals surface area contributed by atoms with E-state index in [9.17, 15) is 5.11 Å². The van der Waals surface area contributed by atoms with Gasteiger partial charge in [-0.1, -0.05) is 24.3 Å². The summed E-state index contributed by atoms with van der Waals surface area (Å²) in [5.41, 5.74) is 3.81. The lowest BCUT2D eigenvalue weighted by Crippen LogP contribution is -2.44. The van der Waals surface area contributed by atoms with E-state index in [4.69, 9.17) is 9.97 Å². The smallest absolute Gasteiger partial charge is 0.121 e. The Morgan fingerprint density at radius 1 is 0.852 bits per heavy atom. The van der Waals surface area contributed by atoms with Crippen molar-refractivity contribution in [3.8, 4) is 0 Å². The van der Waals surface area contributed by atoms with Crippen LogP contribution in [-0.2, 0) is 13.1 Å². The maximum atomic E-state index is 9.54. The van der Waals surface area contributed by atoms with Crippen LogP contribution in [0.3, 0.4) is 0 Å². The monoisotopic (exact) mass is 363 g/mol. The number of aliphatic hydroxyl groups excluding tert-OH is 1. The molecule has 6 nitrogen and oxygen atoms in total. The second-order valence-corrected chi connectivity index (χ2v) is 7.54. The van der Waals surface area contributed by atoms with Crippen LogP contribution in [0.1, 0.15) is 31.9 Å². The zero-order chi connectivity index (χ0) is 18.9. The summed E-state index contributed by atoms with van der Waals surface area (Å²) in [6.45, 7) is 5.74. The summed E-state index contributed by atoms with van der Waals surface area (Å²) in [7, 11) is 0. The van der Waals surface area contributed by atoms with Crippen LogP contribution in [0.15, 0.2) is 48.5 Å². The molecule has 4 rings (SSSR count). The first-order chi connectivity index (χ1) is 13.0. The zero-order valence-electron chi connectivity index (χ0n) is 15.7. The first kappa shape index (κ1) is 17.7. The van der Waals surface area contributed by atoms with E-state index in [-0.39, 0.29) is 12.1 Å². The summed E-state index contributed by atoms with van der Waals surface area (Å²) < 4.78 is 0. The lowest BCUT2D eigenvalue weighted by Gasteiger charge is -2.37. The maximum absolute atomic E-state index is 9.54. The average molecular weight is 363 g/mol. The molecule has 27 heavy (non-hydrogen) atoms. The molecule has 2 heterocycles. The van der Waals surface area contributed by atoms with Gasteiger partial charge in [-0.15, -0.1) is 0 Å². The third-order valence-electron chi connectivity index (χ3n) is 5.14. The van der Waals surface area contributed by atoms with Gasteiger partial charge in [0.2, 0.25) is 0 Å². The number of hydrogen-bond donors (Lipinski definition) is 3. The predicted molar refractivity (Wildman–Crippen MR) is 107 cm³/mol. The topological polar surface area (TPSA) is 80.8 Å². The van der Waals surface area contributed by atoms with Crippen molar-refractivity contribution in [2.75, 3.05) is 6.61 Å². The first-order valence-corrected chi connectivity index (χ1v) is 9.28. The van der Waals surface area contributed by atoms with Crippen LogP contribution in [0, 0.1) is 0 Å². The molecule has 0 amide bonds. The highest BCUT2D eigenvalue weighted by Crippen LogP contribution is 2.24. The summed E-state index contributed by atoms with van der Waals surface area (Å²) >= 11 is 0. The summed E-state index contributed by atoms with van der Waals surface area (Å²) in [5, 5.41) is 9.54. The third-order valence-corrected chi connectivity index (χ3v) is 5.14. The minimum atomic E-state index is -0.202. The van der Waals surface area contributed by atoms with E-state index < -0.39 is 0 Å². The van der Waals surface area contributed by atoms with Crippen molar-refractivity contribution in [1.82, 2.24) is 24.8 Å². The lowest BCUT2D eigenvalue weighted by atomic mass is 9.98. The van der Waals surface area contributed by atoms with Gasteiger partial charge in [0.25, 0.3) is 0 Å². The summed E-state index contributed by atoms with van der Waals surface area (Å²) in [6.07, 6.45) is 0.674. The van der Waals surface area contributed by atoms with E-state index in [1.807, 2.05) is 48.5 Å². The van der Waals surface area contributed by atoms with Gasteiger partial charge in [0.05, 0.1) is 35.2 Å². The number of hydrogen-bond acceptors (Lipinski definition) is 4. The number of imidazole rings is 2. The molecular weight excluding hydrogens is 338 g/mol. The van der Waals surface area contributed by atoms with Gasteiger partial charge in [-0.3, -0.25) is 4.90 Å². The highest BCUT2D eigenvalue weighted by Gasteiger charge is 2.28. The summed E-state index contributed by atoms with van der Waals surface area (Å²) in [6, 6.07) is 16.1. The standard InChI is InChI=1S/C21H25N5O/c1-21(2,11-12-27)26(13-19-22-15-7-3-4-8-16(15)23-19)14-20-24-17-9-5-6-10-18(17)25-20/h3-10,27H,11-14H2,1-2H3,(H,22,23)(H,24,25). The third kappa shape index (κ3) is 3.72. The minimum Gasteiger partial charge on any atom is -0.396 e. The van der Waals surface area contributed by atoms with Crippen LogP contribution < -0.4 is 0 Å². The molecule has 3 N–H and O–H groups in total. The number of aliphatic hydroxyl groups is 1. The molecule has 0 aliphatic rings. The zero-order valence-corrected chi connectivity index (χ0v) is 15.7. The fraction of sp³-hybridized carbons (Fsp3) is 0.333. The second-order valence-electron chi connectivity index (χ2n) is 7.54. The Labute approximate surface area is 158 Å². The van der Waals surface area contributed by atoms with E-state index >= 15 is 0 Å². The van der Waals surface area contributed by atoms with Gasteiger partial charge < -0.3 is 15.1 Å². The molecule has 0 aliphatic heterocycles. The van der Waals surface area contributed by atoms with Crippen molar-refractivity contribution in [3.63, 3.8) is 0 Å². The number of aromatic amines is 2. The van der Waals surface area contributed by atoms with E-state index in [0.29, 0.717) is 19.5 Å². The fourth-order valence-corrected chi connectivity index (χ4v) is 3.44. The predicted octanol–water partition coefficient (Wildman–Crippen LogP) is 3.60. The number of rotatable bonds is 7. The molecule has 0 bridgehead atoms. The molecule has 0 aliphatic carbocycles. The van der Waals surface area contributed by atoms with Crippen LogP contribution in [0.25, 0.3) is 22.1 Å². The second kappa shape index (κ2) is 7.13. The molecule has 2 aromatic heterocycles. The Morgan fingerprint density at radius 3 is 1.78 bits per heavy atom. The Kier molecular flexibility index (Phi) is 4.68. The van der Waals surface area contributed by atoms with Crippen molar-refractivity contribution in [2.45, 2.75) is 38.9 Å². The Balaban J connectivity index is 1.63. The van der Waals surface area contributed by atoms with E-state index in [1.54, 1.807) is 0 Å². The maximum Gasteiger partial charge on any atom is 0.121 e. The van der Waals surface area contributed by atoms with Crippen molar-refractivity contribution in [3.05, 3.63) is 60.2 Å². The van der Waals surface area contributed by atoms with Gasteiger partial charge in [-0.25, -0.2) is 9.97 Å². The minimum absolute atomic E-state index is 0.143. The Bertz CT molecular complexity index is 907. The van der Waals surface area contributed by atoms with Crippen molar-refractivity contribution in [2.24, 2.45) is 0 Å². The van der Waals surface area contributed by atoms with Gasteiger partial charge in [-0.05, 0) is 44.5 Å². The molecule has 140 valence electrons. The molecule has 0 radical (unpaired) electrons. The molecule has 0 saturated heterocycles. The molecule has 0 saturated carbocycles. The molecule has 0 spiro atoms. The number of fused-ring (bicyclic) bond motifs is 2. The van der Waals surface area contributed by atoms with Crippen molar-refractivity contribution >= 4 is 22.1 Å². The normalized spacial score (nSPS) is 12.4. The highest BCUT2D eigenvalue weighted by molar-refractivity contribution is 5.75. The number of nitrogens with one attached hydrogen (secondary N) is 2. The number of aromatic nitrogens is 4. The number of para-hydroxylation sites is 4. The van der Waals surface area contributed by atoms with Crippen molar-refractivity contribution < 1.29 is 5.11 Å². The fourth-order valence-electron chi connectivity index (χ4n) is 3.44. The molecule has 0 fully saturated rings. The molecule has 0 unspecified atom stereocenters.